The minimum Gasteiger partial charge on any atom is -0.508 e. The van der Waals surface area contributed by atoms with Crippen LogP contribution in [0.2, 0.25) is 0 Å². The average molecular weight is 661 g/mol. The third-order valence-electron chi connectivity index (χ3n) is 10.5. The number of aromatic carboxylic acids is 1. The molecule has 2 saturated carbocycles. The van der Waals surface area contributed by atoms with Gasteiger partial charge in [-0.15, -0.1) is 0 Å². The number of nitro groups is 1. The molecule has 4 atom stereocenters. The van der Waals surface area contributed by atoms with Gasteiger partial charge in [-0.1, -0.05) is 26.0 Å². The zero-order valence-electron chi connectivity index (χ0n) is 27.2. The molecule has 49 heavy (non-hydrogen) atoms. The van der Waals surface area contributed by atoms with E-state index in [-0.39, 0.29) is 61.9 Å². The molecular formula is C39H36N2O8. The van der Waals surface area contributed by atoms with E-state index in [4.69, 9.17) is 4.42 Å². The predicted octanol–water partition coefficient (Wildman–Crippen LogP) is 8.38. The molecule has 10 heteroatoms. The molecule has 2 fully saturated rings. The van der Waals surface area contributed by atoms with Gasteiger partial charge in [-0.3, -0.25) is 19.7 Å². The number of amides is 1. The summed E-state index contributed by atoms with van der Waals surface area (Å²) in [6.45, 7) is 4.41. The van der Waals surface area contributed by atoms with Gasteiger partial charge in [0, 0.05) is 52.9 Å². The number of nitrogens with zero attached hydrogens (tertiary/aromatic N) is 1. The highest BCUT2D eigenvalue weighted by Gasteiger charge is 2.51. The normalized spacial score (nSPS) is 23.3. The van der Waals surface area contributed by atoms with Crippen LogP contribution in [0.3, 0.4) is 0 Å². The number of carbonyl (C=O) groups is 2. The molecule has 0 spiro atoms. The van der Waals surface area contributed by atoms with Crippen LogP contribution in [0.5, 0.6) is 5.75 Å². The van der Waals surface area contributed by atoms with E-state index >= 15 is 0 Å². The summed E-state index contributed by atoms with van der Waals surface area (Å²) in [4.78, 5) is 49.5. The van der Waals surface area contributed by atoms with Crippen molar-refractivity contribution >= 4 is 34.2 Å². The number of fused-ring (bicyclic) bond motifs is 4. The largest absolute Gasteiger partial charge is 0.508 e. The van der Waals surface area contributed by atoms with Crippen LogP contribution in [-0.4, -0.2) is 27.0 Å². The van der Waals surface area contributed by atoms with Gasteiger partial charge in [-0.25, -0.2) is 4.79 Å². The summed E-state index contributed by atoms with van der Waals surface area (Å²) in [5.41, 5.74) is 2.37. The number of non-ortho nitro benzene ring substituents is 1. The SMILES string of the molecule is CC1CC2CC(C)(CC(=O)Nc3ccc(C(=O)O)c(-c4c5ccc(=O)cc-5oc5cc(O)ccc45)c3)CC(c3ccc([N+](=O)[O-])cc3)(C1)C2. The maximum Gasteiger partial charge on any atom is 0.336 e. The van der Waals surface area contributed by atoms with Crippen LogP contribution in [0, 0.1) is 27.4 Å². The first kappa shape index (κ1) is 32.1. The second kappa shape index (κ2) is 11.9. The molecule has 250 valence electrons. The predicted molar refractivity (Wildman–Crippen MR) is 185 cm³/mol. The molecule has 2 bridgehead atoms. The third kappa shape index (κ3) is 6.03. The van der Waals surface area contributed by atoms with Crippen molar-refractivity contribution in [2.75, 3.05) is 5.32 Å². The van der Waals surface area contributed by atoms with Gasteiger partial charge in [0.1, 0.15) is 17.1 Å². The van der Waals surface area contributed by atoms with Gasteiger partial charge in [-0.05, 0) is 108 Å². The Labute approximate surface area is 281 Å². The number of anilines is 1. The van der Waals surface area contributed by atoms with Gasteiger partial charge < -0.3 is 19.9 Å². The van der Waals surface area contributed by atoms with Crippen molar-refractivity contribution in [1.29, 1.82) is 0 Å². The van der Waals surface area contributed by atoms with E-state index in [9.17, 15) is 34.7 Å². The minimum atomic E-state index is -1.17. The summed E-state index contributed by atoms with van der Waals surface area (Å²) in [6, 6.07) is 20.4. The number of phenolic OH excluding ortho intramolecular Hbond substituents is 1. The molecule has 3 N–H and O–H groups in total. The number of nitro benzene ring substituents is 1. The summed E-state index contributed by atoms with van der Waals surface area (Å²) in [6.07, 6.45) is 4.93. The lowest BCUT2D eigenvalue weighted by Gasteiger charge is -2.55. The molecule has 1 aliphatic heterocycles. The van der Waals surface area contributed by atoms with Crippen LogP contribution in [0.1, 0.15) is 68.3 Å². The van der Waals surface area contributed by atoms with Crippen LogP contribution < -0.4 is 10.7 Å². The van der Waals surface area contributed by atoms with Crippen molar-refractivity contribution in [3.05, 3.63) is 110 Å². The molecule has 3 aliphatic carbocycles. The average Bonchev–Trinajstić information content (AvgIpc) is 3.02. The molecule has 4 aliphatic rings. The molecule has 0 saturated heterocycles. The molecule has 4 unspecified atom stereocenters. The van der Waals surface area contributed by atoms with E-state index in [0.29, 0.717) is 39.6 Å². The molecule has 0 radical (unpaired) electrons. The third-order valence-corrected chi connectivity index (χ3v) is 10.5. The topological polar surface area (TPSA) is 160 Å². The number of nitrogens with one attached hydrogen (secondary N) is 1. The van der Waals surface area contributed by atoms with Crippen LogP contribution in [0.4, 0.5) is 11.4 Å². The molecule has 7 rings (SSSR count). The number of aromatic hydroxyl groups is 1. The van der Waals surface area contributed by atoms with Gasteiger partial charge >= 0.3 is 5.97 Å². The fourth-order valence-electron chi connectivity index (χ4n) is 9.09. The first-order valence-electron chi connectivity index (χ1n) is 16.4. The van der Waals surface area contributed by atoms with Gasteiger partial charge in [-0.2, -0.15) is 0 Å². The Morgan fingerprint density at radius 1 is 0.980 bits per heavy atom. The lowest BCUT2D eigenvalue weighted by Crippen LogP contribution is -2.47. The number of carboxylic acid groups (broad SMARTS) is 1. The number of hydrogen-bond acceptors (Lipinski definition) is 7. The van der Waals surface area contributed by atoms with Crippen LogP contribution >= 0.6 is 0 Å². The smallest absolute Gasteiger partial charge is 0.336 e. The number of carbonyl (C=O) groups excluding carboxylic acids is 1. The molecule has 1 heterocycles. The Kier molecular flexibility index (Phi) is 7.77. The van der Waals surface area contributed by atoms with E-state index in [1.54, 1.807) is 36.4 Å². The maximum absolute atomic E-state index is 13.8. The van der Waals surface area contributed by atoms with Gasteiger partial charge in [0.25, 0.3) is 5.69 Å². The quantitative estimate of drug-likeness (QED) is 0.0891. The maximum atomic E-state index is 13.8. The van der Waals surface area contributed by atoms with Crippen molar-refractivity contribution in [2.24, 2.45) is 17.3 Å². The zero-order valence-corrected chi connectivity index (χ0v) is 27.2. The Hall–Kier alpha value is -5.51. The summed E-state index contributed by atoms with van der Waals surface area (Å²) in [5.74, 6) is -0.252. The lowest BCUT2D eigenvalue weighted by molar-refractivity contribution is -0.384. The number of carboxylic acids is 1. The molecule has 3 aromatic carbocycles. The summed E-state index contributed by atoms with van der Waals surface area (Å²) in [7, 11) is 0. The standard InChI is InChI=1S/C39H36N2O8/c1-22-13-23-18-38(2,21-39(17-22,19-23)24-3-6-26(7-4-24)41(47)48)20-35(44)40-25-5-10-29(37(45)46)32(14-25)36-30-11-8-27(42)15-33(30)49-34-16-28(43)9-12-31(34)36/h3-12,14-16,22-23,42H,13,17-21H2,1-2H3,(H,40,44)(H,45,46). The van der Waals surface area contributed by atoms with E-state index in [0.717, 1.165) is 37.7 Å². The molecule has 0 aromatic heterocycles. The highest BCUT2D eigenvalue weighted by atomic mass is 16.6. The van der Waals surface area contributed by atoms with E-state index in [1.807, 2.05) is 12.1 Å². The highest BCUT2D eigenvalue weighted by Crippen LogP contribution is 2.59. The van der Waals surface area contributed by atoms with Crippen LogP contribution in [0.15, 0.2) is 88.1 Å². The molecule has 3 aromatic rings. The Morgan fingerprint density at radius 2 is 1.76 bits per heavy atom. The fourth-order valence-corrected chi connectivity index (χ4v) is 9.09. The van der Waals surface area contributed by atoms with Crippen molar-refractivity contribution in [3.63, 3.8) is 0 Å². The highest BCUT2D eigenvalue weighted by molar-refractivity contribution is 6.08. The van der Waals surface area contributed by atoms with Gasteiger partial charge in [0.2, 0.25) is 5.91 Å². The molecular weight excluding hydrogens is 624 g/mol. The minimum absolute atomic E-state index is 0.00250. The number of phenols is 1. The zero-order chi connectivity index (χ0) is 34.7. The Balaban J connectivity index is 1.22. The first-order chi connectivity index (χ1) is 23.3. The summed E-state index contributed by atoms with van der Waals surface area (Å²) < 4.78 is 5.95. The Bertz CT molecular complexity index is 2170. The lowest BCUT2D eigenvalue weighted by atomic mass is 9.50. The summed E-state index contributed by atoms with van der Waals surface area (Å²) >= 11 is 0. The Morgan fingerprint density at radius 3 is 2.49 bits per heavy atom. The van der Waals surface area contributed by atoms with E-state index in [1.165, 1.54) is 30.3 Å². The number of rotatable bonds is 7. The van der Waals surface area contributed by atoms with E-state index in [2.05, 4.69) is 19.2 Å². The van der Waals surface area contributed by atoms with Crippen molar-refractivity contribution < 1.29 is 29.1 Å². The van der Waals surface area contributed by atoms with Crippen molar-refractivity contribution in [1.82, 2.24) is 0 Å². The van der Waals surface area contributed by atoms with Crippen molar-refractivity contribution in [3.8, 4) is 28.2 Å². The van der Waals surface area contributed by atoms with E-state index < -0.39 is 5.97 Å². The number of hydrogen-bond donors (Lipinski definition) is 3. The number of benzene rings is 4. The van der Waals surface area contributed by atoms with Crippen LogP contribution in [-0.2, 0) is 10.2 Å². The van der Waals surface area contributed by atoms with Crippen molar-refractivity contribution in [2.45, 2.75) is 57.8 Å². The molecule has 1 amide bonds. The first-order valence-corrected chi connectivity index (χ1v) is 16.4. The monoisotopic (exact) mass is 660 g/mol. The van der Waals surface area contributed by atoms with Gasteiger partial charge in [0.05, 0.1) is 10.5 Å². The second-order valence-electron chi connectivity index (χ2n) is 14.5. The summed E-state index contributed by atoms with van der Waals surface area (Å²) in [5, 5.41) is 35.2. The second-order valence-corrected chi connectivity index (χ2v) is 14.5. The molecule has 10 nitrogen and oxygen atoms in total. The van der Waals surface area contributed by atoms with Gasteiger partial charge in [0.15, 0.2) is 5.43 Å². The fraction of sp³-hybridized carbons (Fsp3) is 0.308. The van der Waals surface area contributed by atoms with Crippen LogP contribution in [0.25, 0.3) is 33.4 Å².